The van der Waals surface area contributed by atoms with E-state index in [1.54, 1.807) is 0 Å². The van der Waals surface area contributed by atoms with E-state index >= 15 is 0 Å². The molecule has 0 spiro atoms. The lowest BCUT2D eigenvalue weighted by Gasteiger charge is -2.20. The van der Waals surface area contributed by atoms with E-state index in [4.69, 9.17) is 0 Å². The van der Waals surface area contributed by atoms with Gasteiger partial charge in [-0.1, -0.05) is 23.6 Å². The molecule has 2 saturated carbocycles. The fourth-order valence-electron chi connectivity index (χ4n) is 4.12. The first-order valence-corrected chi connectivity index (χ1v) is 7.23. The molecular formula is C17H22O. The van der Waals surface area contributed by atoms with Crippen molar-refractivity contribution in [1.82, 2.24) is 0 Å². The molecule has 2 aliphatic carbocycles. The van der Waals surface area contributed by atoms with Crippen LogP contribution in [0.4, 0.5) is 0 Å². The van der Waals surface area contributed by atoms with Crippen LogP contribution in [-0.2, 0) is 0 Å². The van der Waals surface area contributed by atoms with E-state index in [2.05, 4.69) is 19.9 Å². The van der Waals surface area contributed by atoms with Gasteiger partial charge < -0.3 is 0 Å². The van der Waals surface area contributed by atoms with E-state index in [-0.39, 0.29) is 0 Å². The minimum Gasteiger partial charge on any atom is -0.294 e. The van der Waals surface area contributed by atoms with Gasteiger partial charge in [0, 0.05) is 12.0 Å². The van der Waals surface area contributed by atoms with Gasteiger partial charge in [0.1, 0.15) is 0 Å². The summed E-state index contributed by atoms with van der Waals surface area (Å²) < 4.78 is 0. The Kier molecular flexibility index (Phi) is 3.01. The van der Waals surface area contributed by atoms with Crippen LogP contribution in [0.1, 0.15) is 53.6 Å². The fraction of sp³-hybridized carbons (Fsp3) is 0.588. The summed E-state index contributed by atoms with van der Waals surface area (Å²) in [6.45, 7) is 4.14. The molecule has 2 bridgehead atoms. The van der Waals surface area contributed by atoms with Crippen molar-refractivity contribution < 1.29 is 4.79 Å². The van der Waals surface area contributed by atoms with Gasteiger partial charge in [-0.25, -0.2) is 0 Å². The number of fused-ring (bicyclic) bond motifs is 2. The monoisotopic (exact) mass is 242 g/mol. The van der Waals surface area contributed by atoms with Crippen molar-refractivity contribution >= 4 is 5.78 Å². The molecule has 0 aromatic heterocycles. The van der Waals surface area contributed by atoms with E-state index < -0.39 is 0 Å². The van der Waals surface area contributed by atoms with Crippen molar-refractivity contribution in [2.24, 2.45) is 17.8 Å². The molecule has 1 aromatic carbocycles. The summed E-state index contributed by atoms with van der Waals surface area (Å²) in [5.41, 5.74) is 3.33. The topological polar surface area (TPSA) is 17.1 Å². The third-order valence-corrected chi connectivity index (χ3v) is 4.88. The first-order chi connectivity index (χ1) is 8.61. The molecule has 0 amide bonds. The molecule has 0 saturated heterocycles. The van der Waals surface area contributed by atoms with Gasteiger partial charge in [-0.2, -0.15) is 0 Å². The van der Waals surface area contributed by atoms with Gasteiger partial charge in [-0.15, -0.1) is 0 Å². The van der Waals surface area contributed by atoms with Crippen LogP contribution in [0.25, 0.3) is 0 Å². The van der Waals surface area contributed by atoms with Crippen molar-refractivity contribution in [2.45, 2.75) is 46.0 Å². The van der Waals surface area contributed by atoms with Gasteiger partial charge in [0.05, 0.1) is 0 Å². The quantitative estimate of drug-likeness (QED) is 0.722. The van der Waals surface area contributed by atoms with Crippen LogP contribution in [0.3, 0.4) is 0 Å². The number of benzene rings is 1. The summed E-state index contributed by atoms with van der Waals surface area (Å²) in [6, 6.07) is 6.22. The second kappa shape index (κ2) is 4.53. The van der Waals surface area contributed by atoms with Gasteiger partial charge in [0.25, 0.3) is 0 Å². The highest BCUT2D eigenvalue weighted by atomic mass is 16.1. The van der Waals surface area contributed by atoms with Crippen LogP contribution in [0, 0.1) is 31.6 Å². The second-order valence-corrected chi connectivity index (χ2v) is 6.44. The normalized spacial score (nSPS) is 29.8. The maximum absolute atomic E-state index is 12.4. The highest BCUT2D eigenvalue weighted by molar-refractivity contribution is 5.96. The third-order valence-electron chi connectivity index (χ3n) is 4.88. The highest BCUT2D eigenvalue weighted by Gasteiger charge is 2.40. The van der Waals surface area contributed by atoms with Crippen LogP contribution < -0.4 is 0 Å². The van der Waals surface area contributed by atoms with Crippen molar-refractivity contribution in [1.29, 1.82) is 0 Å². The van der Waals surface area contributed by atoms with Crippen LogP contribution in [-0.4, -0.2) is 5.78 Å². The maximum atomic E-state index is 12.4. The van der Waals surface area contributed by atoms with E-state index in [9.17, 15) is 4.79 Å². The van der Waals surface area contributed by atoms with Crippen LogP contribution in [0.2, 0.25) is 0 Å². The first-order valence-electron chi connectivity index (χ1n) is 7.23. The molecule has 96 valence electrons. The molecule has 3 atom stereocenters. The van der Waals surface area contributed by atoms with Crippen molar-refractivity contribution in [3.8, 4) is 0 Å². The predicted octanol–water partition coefficient (Wildman–Crippen LogP) is 4.31. The number of rotatable bonds is 3. The summed E-state index contributed by atoms with van der Waals surface area (Å²) in [6.07, 6.45) is 6.27. The highest BCUT2D eigenvalue weighted by Crippen LogP contribution is 2.49. The molecule has 1 nitrogen and oxygen atoms in total. The summed E-state index contributed by atoms with van der Waals surface area (Å²) in [4.78, 5) is 12.4. The minimum atomic E-state index is 0.361. The summed E-state index contributed by atoms with van der Waals surface area (Å²) in [7, 11) is 0. The molecule has 3 rings (SSSR count). The van der Waals surface area contributed by atoms with E-state index in [0.717, 1.165) is 23.8 Å². The third kappa shape index (κ3) is 2.23. The smallest absolute Gasteiger partial charge is 0.163 e. The SMILES string of the molecule is Cc1cc(C)cc(C(=O)CC2CC3CCC2C3)c1. The van der Waals surface area contributed by atoms with Crippen molar-refractivity contribution in [3.05, 3.63) is 34.9 Å². The lowest BCUT2D eigenvalue weighted by Crippen LogP contribution is -2.15. The molecule has 0 radical (unpaired) electrons. The number of carbonyl (C=O) groups is 1. The molecular weight excluding hydrogens is 220 g/mol. The summed E-state index contributed by atoms with van der Waals surface area (Å²) in [5, 5.41) is 0. The average Bonchev–Trinajstić information content (AvgIpc) is 2.89. The van der Waals surface area contributed by atoms with Gasteiger partial charge in [-0.3, -0.25) is 4.79 Å². The molecule has 0 aliphatic heterocycles. The molecule has 2 fully saturated rings. The zero-order valence-corrected chi connectivity index (χ0v) is 11.4. The molecule has 0 heterocycles. The van der Waals surface area contributed by atoms with Gasteiger partial charge >= 0.3 is 0 Å². The van der Waals surface area contributed by atoms with Crippen molar-refractivity contribution in [2.75, 3.05) is 0 Å². The molecule has 18 heavy (non-hydrogen) atoms. The molecule has 1 aromatic rings. The Balaban J connectivity index is 1.71. The van der Waals surface area contributed by atoms with Crippen molar-refractivity contribution in [3.63, 3.8) is 0 Å². The maximum Gasteiger partial charge on any atom is 0.163 e. The molecule has 3 unspecified atom stereocenters. The molecule has 2 aliphatic rings. The standard InChI is InChI=1S/C17H22O/c1-11-5-12(2)7-16(6-11)17(18)10-15-9-13-3-4-14(15)8-13/h5-7,13-15H,3-4,8-10H2,1-2H3. The zero-order valence-electron chi connectivity index (χ0n) is 11.4. The van der Waals surface area contributed by atoms with Gasteiger partial charge in [0.15, 0.2) is 5.78 Å². The fourth-order valence-corrected chi connectivity index (χ4v) is 4.12. The van der Waals surface area contributed by atoms with E-state index in [1.165, 1.54) is 36.8 Å². The Labute approximate surface area is 110 Å². The number of hydrogen-bond donors (Lipinski definition) is 0. The van der Waals surface area contributed by atoms with Gasteiger partial charge in [-0.05, 0) is 63.0 Å². The number of ketones is 1. The number of hydrogen-bond acceptors (Lipinski definition) is 1. The molecule has 0 N–H and O–H groups in total. The summed E-state index contributed by atoms with van der Waals surface area (Å²) >= 11 is 0. The lowest BCUT2D eigenvalue weighted by atomic mass is 9.84. The number of aryl methyl sites for hydroxylation is 2. The number of Topliss-reactive ketones (excluding diaryl/α,β-unsaturated/α-hetero) is 1. The average molecular weight is 242 g/mol. The zero-order chi connectivity index (χ0) is 12.7. The van der Waals surface area contributed by atoms with Crippen LogP contribution in [0.5, 0.6) is 0 Å². The Morgan fingerprint density at radius 3 is 2.39 bits per heavy atom. The first kappa shape index (κ1) is 12.0. The van der Waals surface area contributed by atoms with E-state index in [1.807, 2.05) is 12.1 Å². The Hall–Kier alpha value is -1.11. The Morgan fingerprint density at radius 2 is 1.83 bits per heavy atom. The number of carbonyl (C=O) groups excluding carboxylic acids is 1. The second-order valence-electron chi connectivity index (χ2n) is 6.44. The van der Waals surface area contributed by atoms with Crippen LogP contribution in [0.15, 0.2) is 18.2 Å². The Bertz CT molecular complexity index is 454. The summed E-state index contributed by atoms with van der Waals surface area (Å²) in [5.74, 6) is 2.83. The molecule has 1 heteroatoms. The predicted molar refractivity (Wildman–Crippen MR) is 73.8 cm³/mol. The van der Waals surface area contributed by atoms with Crippen LogP contribution >= 0.6 is 0 Å². The largest absolute Gasteiger partial charge is 0.294 e. The van der Waals surface area contributed by atoms with Gasteiger partial charge in [0.2, 0.25) is 0 Å². The Morgan fingerprint density at radius 1 is 1.11 bits per heavy atom. The lowest BCUT2D eigenvalue weighted by molar-refractivity contribution is 0.0944. The van der Waals surface area contributed by atoms with E-state index in [0.29, 0.717) is 11.7 Å². The minimum absolute atomic E-state index is 0.361.